The van der Waals surface area contributed by atoms with Crippen LogP contribution in [0.2, 0.25) is 0 Å². The molecule has 1 amide bonds. The molecule has 2 atom stereocenters. The number of rotatable bonds is 8. The summed E-state index contributed by atoms with van der Waals surface area (Å²) < 4.78 is 10.5. The number of hydrogen-bond donors (Lipinski definition) is 1. The van der Waals surface area contributed by atoms with E-state index in [-0.39, 0.29) is 29.4 Å². The minimum atomic E-state index is -0.644. The van der Waals surface area contributed by atoms with Crippen LogP contribution in [0.4, 0.5) is 0 Å². The Morgan fingerprint density at radius 1 is 1.25 bits per heavy atom. The molecule has 1 aliphatic heterocycles. The van der Waals surface area contributed by atoms with Gasteiger partial charge in [-0.2, -0.15) is 0 Å². The fourth-order valence-electron chi connectivity index (χ4n) is 3.73. The predicted molar refractivity (Wildman–Crippen MR) is 106 cm³/mol. The highest BCUT2D eigenvalue weighted by molar-refractivity contribution is 6.06. The number of methoxy groups -OCH3 is 1. The first-order valence-electron chi connectivity index (χ1n) is 9.90. The van der Waals surface area contributed by atoms with Crippen LogP contribution in [0.3, 0.4) is 0 Å². The number of ketones is 1. The Kier molecular flexibility index (Phi) is 7.41. The van der Waals surface area contributed by atoms with E-state index >= 15 is 0 Å². The lowest BCUT2D eigenvalue weighted by Crippen LogP contribution is -2.47. The Bertz CT molecular complexity index is 731. The molecule has 156 valence electrons. The SMILES string of the molecule is COC(=O)c1[nH]c(C)c(C(=O)[C@@H](C)N(C[C@H]2CCCO2)C(=O)CC(C)C)c1C. The number of nitrogens with zero attached hydrogens (tertiary/aromatic N) is 1. The fourth-order valence-corrected chi connectivity index (χ4v) is 3.73. The molecule has 28 heavy (non-hydrogen) atoms. The maximum atomic E-state index is 13.3. The normalized spacial score (nSPS) is 17.6. The molecule has 0 saturated carbocycles. The summed E-state index contributed by atoms with van der Waals surface area (Å²) in [4.78, 5) is 42.7. The highest BCUT2D eigenvalue weighted by atomic mass is 16.5. The zero-order valence-electron chi connectivity index (χ0n) is 17.8. The van der Waals surface area contributed by atoms with Crippen molar-refractivity contribution in [3.8, 4) is 0 Å². The number of carbonyl (C=O) groups is 3. The number of nitrogens with one attached hydrogen (secondary N) is 1. The van der Waals surface area contributed by atoms with Gasteiger partial charge in [-0.3, -0.25) is 9.59 Å². The summed E-state index contributed by atoms with van der Waals surface area (Å²) >= 11 is 0. The van der Waals surface area contributed by atoms with Gasteiger partial charge >= 0.3 is 5.97 Å². The predicted octanol–water partition coefficient (Wildman–Crippen LogP) is 3.04. The number of aromatic amines is 1. The van der Waals surface area contributed by atoms with Crippen LogP contribution in [0.15, 0.2) is 0 Å². The number of hydrogen-bond acceptors (Lipinski definition) is 5. The monoisotopic (exact) mass is 392 g/mol. The van der Waals surface area contributed by atoms with E-state index in [9.17, 15) is 14.4 Å². The molecule has 7 nitrogen and oxygen atoms in total. The van der Waals surface area contributed by atoms with Crippen molar-refractivity contribution in [1.29, 1.82) is 0 Å². The summed E-state index contributed by atoms with van der Waals surface area (Å²) in [6, 6.07) is -0.644. The Morgan fingerprint density at radius 2 is 1.93 bits per heavy atom. The molecular weight excluding hydrogens is 360 g/mol. The van der Waals surface area contributed by atoms with Gasteiger partial charge in [0, 0.05) is 30.8 Å². The van der Waals surface area contributed by atoms with E-state index in [0.717, 1.165) is 12.8 Å². The van der Waals surface area contributed by atoms with Crippen LogP contribution < -0.4 is 0 Å². The first-order valence-corrected chi connectivity index (χ1v) is 9.90. The van der Waals surface area contributed by atoms with Crippen molar-refractivity contribution in [3.05, 3.63) is 22.5 Å². The van der Waals surface area contributed by atoms with E-state index in [2.05, 4.69) is 4.98 Å². The fraction of sp³-hybridized carbons (Fsp3) is 0.667. The van der Waals surface area contributed by atoms with Gasteiger partial charge < -0.3 is 19.4 Å². The van der Waals surface area contributed by atoms with E-state index in [4.69, 9.17) is 9.47 Å². The number of carbonyl (C=O) groups excluding carboxylic acids is 3. The lowest BCUT2D eigenvalue weighted by molar-refractivity contribution is -0.134. The summed E-state index contributed by atoms with van der Waals surface area (Å²) in [6.07, 6.45) is 2.20. The van der Waals surface area contributed by atoms with Crippen molar-refractivity contribution < 1.29 is 23.9 Å². The molecule has 0 unspecified atom stereocenters. The molecule has 0 spiro atoms. The summed E-state index contributed by atoms with van der Waals surface area (Å²) in [5, 5.41) is 0. The average molecular weight is 392 g/mol. The van der Waals surface area contributed by atoms with Crippen LogP contribution in [0.1, 0.15) is 72.1 Å². The topological polar surface area (TPSA) is 88.7 Å². The second kappa shape index (κ2) is 9.37. The summed E-state index contributed by atoms with van der Waals surface area (Å²) in [5.41, 5.74) is 1.87. The van der Waals surface area contributed by atoms with E-state index in [1.807, 2.05) is 13.8 Å². The van der Waals surface area contributed by atoms with Gasteiger partial charge in [-0.1, -0.05) is 13.8 Å². The second-order valence-electron chi connectivity index (χ2n) is 7.94. The Balaban J connectivity index is 2.30. The van der Waals surface area contributed by atoms with Gasteiger partial charge in [0.05, 0.1) is 19.3 Å². The van der Waals surface area contributed by atoms with Crippen molar-refractivity contribution >= 4 is 17.7 Å². The van der Waals surface area contributed by atoms with Gasteiger partial charge in [0.25, 0.3) is 0 Å². The third-order valence-electron chi connectivity index (χ3n) is 5.25. The zero-order valence-corrected chi connectivity index (χ0v) is 17.8. The van der Waals surface area contributed by atoms with Gasteiger partial charge in [0.1, 0.15) is 5.69 Å². The van der Waals surface area contributed by atoms with Gasteiger partial charge in [0.2, 0.25) is 5.91 Å². The molecule has 1 fully saturated rings. The lowest BCUT2D eigenvalue weighted by Gasteiger charge is -2.31. The minimum absolute atomic E-state index is 0.0367. The maximum absolute atomic E-state index is 13.3. The summed E-state index contributed by atoms with van der Waals surface area (Å²) in [7, 11) is 1.30. The maximum Gasteiger partial charge on any atom is 0.354 e. The van der Waals surface area contributed by atoms with Gasteiger partial charge in [-0.05, 0) is 45.1 Å². The highest BCUT2D eigenvalue weighted by Crippen LogP contribution is 2.24. The third-order valence-corrected chi connectivity index (χ3v) is 5.25. The number of Topliss-reactive ketones (excluding diaryl/α,β-unsaturated/α-hetero) is 1. The summed E-state index contributed by atoms with van der Waals surface area (Å²) in [6.45, 7) is 10.3. The highest BCUT2D eigenvalue weighted by Gasteiger charge is 2.33. The van der Waals surface area contributed by atoms with Crippen molar-refractivity contribution in [3.63, 3.8) is 0 Å². The van der Waals surface area contributed by atoms with Crippen LogP contribution in [-0.2, 0) is 14.3 Å². The quantitative estimate of drug-likeness (QED) is 0.543. The Morgan fingerprint density at radius 3 is 2.46 bits per heavy atom. The molecule has 0 radical (unpaired) electrons. The first-order chi connectivity index (χ1) is 13.2. The lowest BCUT2D eigenvalue weighted by atomic mass is 9.98. The van der Waals surface area contributed by atoms with E-state index in [1.165, 1.54) is 7.11 Å². The molecule has 0 aromatic carbocycles. The standard InChI is InChI=1S/C21H32N2O5/c1-12(2)10-17(24)23(11-16-8-7-9-28-16)15(5)20(25)18-13(3)19(21(26)27-6)22-14(18)4/h12,15-16,22H,7-11H2,1-6H3/t15-,16-/m1/s1. The van der Waals surface area contributed by atoms with E-state index in [0.29, 0.717) is 36.4 Å². The van der Waals surface area contributed by atoms with Crippen LogP contribution >= 0.6 is 0 Å². The number of aromatic nitrogens is 1. The van der Waals surface area contributed by atoms with Gasteiger partial charge in [-0.25, -0.2) is 4.79 Å². The largest absolute Gasteiger partial charge is 0.464 e. The Labute approximate surface area is 166 Å². The number of amides is 1. The molecular formula is C21H32N2O5. The average Bonchev–Trinajstić information content (AvgIpc) is 3.25. The van der Waals surface area contributed by atoms with Crippen LogP contribution in [0.5, 0.6) is 0 Å². The number of H-pyrrole nitrogens is 1. The van der Waals surface area contributed by atoms with Crippen LogP contribution in [0.25, 0.3) is 0 Å². The van der Waals surface area contributed by atoms with Gasteiger partial charge in [-0.15, -0.1) is 0 Å². The number of aryl methyl sites for hydroxylation is 1. The summed E-state index contributed by atoms with van der Waals surface area (Å²) in [5.74, 6) is -0.551. The van der Waals surface area contributed by atoms with E-state index < -0.39 is 12.0 Å². The molecule has 1 aliphatic rings. The molecule has 1 saturated heterocycles. The van der Waals surface area contributed by atoms with Crippen LogP contribution in [0, 0.1) is 19.8 Å². The second-order valence-corrected chi connectivity index (χ2v) is 7.94. The molecule has 0 aliphatic carbocycles. The van der Waals surface area contributed by atoms with Gasteiger partial charge in [0.15, 0.2) is 5.78 Å². The van der Waals surface area contributed by atoms with Crippen molar-refractivity contribution in [1.82, 2.24) is 9.88 Å². The van der Waals surface area contributed by atoms with E-state index in [1.54, 1.807) is 25.7 Å². The smallest absolute Gasteiger partial charge is 0.354 e. The number of esters is 1. The molecule has 1 aromatic rings. The number of ether oxygens (including phenoxy) is 2. The van der Waals surface area contributed by atoms with Crippen molar-refractivity contribution in [2.45, 2.75) is 66.0 Å². The third kappa shape index (κ3) is 4.82. The van der Waals surface area contributed by atoms with Crippen molar-refractivity contribution in [2.75, 3.05) is 20.3 Å². The first kappa shape index (κ1) is 22.1. The molecule has 2 rings (SSSR count). The van der Waals surface area contributed by atoms with Crippen LogP contribution in [-0.4, -0.2) is 60.0 Å². The molecule has 1 N–H and O–H groups in total. The minimum Gasteiger partial charge on any atom is -0.464 e. The molecule has 7 heteroatoms. The molecule has 0 bridgehead atoms. The molecule has 2 heterocycles. The Hall–Kier alpha value is -2.15. The molecule has 1 aromatic heterocycles. The van der Waals surface area contributed by atoms with Crippen molar-refractivity contribution in [2.24, 2.45) is 5.92 Å². The zero-order chi connectivity index (χ0) is 21.0.